The third-order valence-electron chi connectivity index (χ3n) is 7.67. The summed E-state index contributed by atoms with van der Waals surface area (Å²) in [6, 6.07) is 23.1. The van der Waals surface area contributed by atoms with E-state index in [0.29, 0.717) is 12.8 Å². The Labute approximate surface area is 295 Å². The van der Waals surface area contributed by atoms with Gasteiger partial charge in [0.25, 0.3) is 0 Å². The molecule has 1 unspecified atom stereocenters. The van der Waals surface area contributed by atoms with Gasteiger partial charge in [-0.05, 0) is 48.9 Å². The molecule has 2 amide bonds. The monoisotopic (exact) mass is 739 g/mol. The molecule has 0 heterocycles. The van der Waals surface area contributed by atoms with Gasteiger partial charge in [-0.1, -0.05) is 98.6 Å². The van der Waals surface area contributed by atoms with Crippen LogP contribution in [0.4, 0.5) is 4.79 Å². The molecule has 0 aliphatic carbocycles. The van der Waals surface area contributed by atoms with Crippen LogP contribution in [-0.2, 0) is 28.6 Å². The van der Waals surface area contributed by atoms with Crippen LogP contribution >= 0.6 is 20.2 Å². The second kappa shape index (κ2) is 19.8. The maximum Gasteiger partial charge on any atom is 0.469 e. The summed E-state index contributed by atoms with van der Waals surface area (Å²) in [4.78, 5) is 45.0. The Morgan fingerprint density at radius 1 is 0.898 bits per heavy atom. The lowest BCUT2D eigenvalue weighted by Crippen LogP contribution is -2.50. The number of methoxy groups -OCH3 is 1. The standard InChI is InChI=1S/C34H46N3O9PS.ClH/c1-25(2)23-37(48(43,44)30-20-18-26(3)19-21-30)29(24-46-47(40,41)42)17-11-12-22-35-33(38)32(36-34(39)45-4)31(27-13-7-5-8-14-27)28-15-9-6-10-16-28;/h5-10,13-16,18-21,25,29,31-32H,11-12,17,22-24H2,1-4H3,(H,35,38)(H,36,39)(H2,40,41,42);1H/t29-,32?;/m0./s1. The highest BCUT2D eigenvalue weighted by Gasteiger charge is 2.35. The van der Waals surface area contributed by atoms with Gasteiger partial charge in [-0.15, -0.1) is 12.4 Å². The molecule has 0 aliphatic heterocycles. The molecule has 3 rings (SSSR count). The van der Waals surface area contributed by atoms with Crippen molar-refractivity contribution < 1.29 is 41.6 Å². The van der Waals surface area contributed by atoms with Crippen LogP contribution in [0.3, 0.4) is 0 Å². The number of benzene rings is 3. The Hall–Kier alpha value is -3.29. The van der Waals surface area contributed by atoms with Gasteiger partial charge in [-0.2, -0.15) is 4.31 Å². The van der Waals surface area contributed by atoms with Crippen LogP contribution in [0.2, 0.25) is 0 Å². The van der Waals surface area contributed by atoms with Crippen molar-refractivity contribution in [1.29, 1.82) is 0 Å². The maximum absolute atomic E-state index is 13.8. The minimum Gasteiger partial charge on any atom is -0.453 e. The van der Waals surface area contributed by atoms with Gasteiger partial charge in [0, 0.05) is 25.0 Å². The fourth-order valence-electron chi connectivity index (χ4n) is 5.35. The normalized spacial score (nSPS) is 13.1. The molecule has 12 nitrogen and oxygen atoms in total. The number of hydrogen-bond acceptors (Lipinski definition) is 7. The number of carbonyl (C=O) groups is 2. The predicted molar refractivity (Wildman–Crippen MR) is 190 cm³/mol. The lowest BCUT2D eigenvalue weighted by atomic mass is 9.84. The van der Waals surface area contributed by atoms with Crippen molar-refractivity contribution in [2.24, 2.45) is 5.92 Å². The topological polar surface area (TPSA) is 172 Å². The van der Waals surface area contributed by atoms with Crippen LogP contribution in [0.5, 0.6) is 0 Å². The molecular formula is C34H47ClN3O9PS. The summed E-state index contributed by atoms with van der Waals surface area (Å²) >= 11 is 0. The number of unbranched alkanes of at least 4 members (excludes halogenated alkanes) is 1. The molecule has 270 valence electrons. The molecule has 3 aromatic carbocycles. The van der Waals surface area contributed by atoms with E-state index in [1.807, 2.05) is 81.4 Å². The van der Waals surface area contributed by atoms with Gasteiger partial charge in [0.15, 0.2) is 0 Å². The number of aryl methyl sites for hydroxylation is 1. The summed E-state index contributed by atoms with van der Waals surface area (Å²) in [6.07, 6.45) is 0.238. The highest BCUT2D eigenvalue weighted by atomic mass is 35.5. The molecule has 0 saturated carbocycles. The lowest BCUT2D eigenvalue weighted by molar-refractivity contribution is -0.123. The molecule has 0 saturated heterocycles. The first kappa shape index (κ1) is 41.9. The van der Waals surface area contributed by atoms with E-state index in [1.165, 1.54) is 23.5 Å². The van der Waals surface area contributed by atoms with E-state index >= 15 is 0 Å². The van der Waals surface area contributed by atoms with Crippen molar-refractivity contribution in [2.75, 3.05) is 26.8 Å². The minimum absolute atomic E-state index is 0. The lowest BCUT2D eigenvalue weighted by Gasteiger charge is -2.32. The predicted octanol–water partition coefficient (Wildman–Crippen LogP) is 5.38. The van der Waals surface area contributed by atoms with Crippen molar-refractivity contribution in [3.05, 3.63) is 102 Å². The molecule has 0 fully saturated rings. The Bertz CT molecular complexity index is 1570. The zero-order chi connectivity index (χ0) is 35.3. The zero-order valence-electron chi connectivity index (χ0n) is 28.1. The number of nitrogens with zero attached hydrogens (tertiary/aromatic N) is 1. The van der Waals surface area contributed by atoms with Crippen LogP contribution in [0.25, 0.3) is 0 Å². The first-order valence-corrected chi connectivity index (χ1v) is 18.7. The van der Waals surface area contributed by atoms with E-state index in [9.17, 15) is 32.4 Å². The van der Waals surface area contributed by atoms with E-state index in [-0.39, 0.29) is 42.7 Å². The fourth-order valence-corrected chi connectivity index (χ4v) is 7.52. The molecular weight excluding hydrogens is 693 g/mol. The molecule has 0 spiro atoms. The number of phosphoric acid groups is 1. The van der Waals surface area contributed by atoms with E-state index in [2.05, 4.69) is 10.6 Å². The van der Waals surface area contributed by atoms with Gasteiger partial charge in [-0.25, -0.2) is 17.8 Å². The molecule has 3 aromatic rings. The molecule has 4 N–H and O–H groups in total. The first-order valence-electron chi connectivity index (χ1n) is 15.7. The molecule has 15 heteroatoms. The number of ether oxygens (including phenoxy) is 1. The van der Waals surface area contributed by atoms with E-state index in [1.54, 1.807) is 12.1 Å². The van der Waals surface area contributed by atoms with Crippen LogP contribution in [0.1, 0.15) is 55.7 Å². The highest BCUT2D eigenvalue weighted by Crippen LogP contribution is 2.37. The van der Waals surface area contributed by atoms with Gasteiger partial charge in [-0.3, -0.25) is 9.32 Å². The van der Waals surface area contributed by atoms with E-state index in [0.717, 1.165) is 16.7 Å². The average molecular weight is 740 g/mol. The molecule has 0 bridgehead atoms. The summed E-state index contributed by atoms with van der Waals surface area (Å²) in [6.45, 7) is 5.32. The second-order valence-corrected chi connectivity index (χ2v) is 15.1. The minimum atomic E-state index is -4.89. The summed E-state index contributed by atoms with van der Waals surface area (Å²) in [5.41, 5.74) is 2.51. The summed E-state index contributed by atoms with van der Waals surface area (Å²) in [5, 5.41) is 5.57. The van der Waals surface area contributed by atoms with Gasteiger partial charge in [0.1, 0.15) is 6.04 Å². The average Bonchev–Trinajstić information content (AvgIpc) is 3.05. The summed E-state index contributed by atoms with van der Waals surface area (Å²) in [5.74, 6) is -1.07. The third-order valence-corrected chi connectivity index (χ3v) is 10.1. The van der Waals surface area contributed by atoms with Crippen LogP contribution in [-0.4, -0.2) is 73.4 Å². The van der Waals surface area contributed by atoms with Crippen molar-refractivity contribution in [1.82, 2.24) is 14.9 Å². The maximum atomic E-state index is 13.8. The molecule has 2 atom stereocenters. The summed E-state index contributed by atoms with van der Waals surface area (Å²) < 4.78 is 50.1. The van der Waals surface area contributed by atoms with Gasteiger partial charge < -0.3 is 25.2 Å². The molecule has 0 radical (unpaired) electrons. The SMILES string of the molecule is COC(=O)NC(C(=O)NCCCC[C@@H](COP(=O)(O)O)N(CC(C)C)S(=O)(=O)c1ccc(C)cc1)C(c1ccccc1)c1ccccc1.Cl. The first-order chi connectivity index (χ1) is 22.7. The van der Waals surface area contributed by atoms with Gasteiger partial charge in [0.05, 0.1) is 18.6 Å². The van der Waals surface area contributed by atoms with Crippen molar-refractivity contribution in [3.8, 4) is 0 Å². The number of carbonyl (C=O) groups excluding carboxylic acids is 2. The Kier molecular flexibility index (Phi) is 16.9. The number of alkyl carbamates (subject to hydrolysis) is 1. The van der Waals surface area contributed by atoms with Gasteiger partial charge >= 0.3 is 13.9 Å². The summed E-state index contributed by atoms with van der Waals surface area (Å²) in [7, 11) is -7.72. The van der Waals surface area contributed by atoms with E-state index in [4.69, 9.17) is 9.26 Å². The van der Waals surface area contributed by atoms with Gasteiger partial charge in [0.2, 0.25) is 15.9 Å². The van der Waals surface area contributed by atoms with Crippen LogP contribution < -0.4 is 10.6 Å². The molecule has 49 heavy (non-hydrogen) atoms. The van der Waals surface area contributed by atoms with Crippen LogP contribution in [0.15, 0.2) is 89.8 Å². The number of phosphoric ester groups is 1. The van der Waals surface area contributed by atoms with E-state index < -0.39 is 54.5 Å². The zero-order valence-corrected chi connectivity index (χ0v) is 30.6. The second-order valence-electron chi connectivity index (χ2n) is 11.9. The molecule has 0 aliphatic rings. The number of amides is 2. The van der Waals surface area contributed by atoms with Crippen molar-refractivity contribution in [3.63, 3.8) is 0 Å². The Morgan fingerprint density at radius 2 is 1.45 bits per heavy atom. The Balaban J connectivity index is 0.00000833. The fraction of sp³-hybridized carbons (Fsp3) is 0.412. The van der Waals surface area contributed by atoms with Crippen molar-refractivity contribution >= 4 is 42.3 Å². The number of hydrogen-bond donors (Lipinski definition) is 4. The Morgan fingerprint density at radius 3 is 1.94 bits per heavy atom. The molecule has 0 aromatic heterocycles. The number of rotatable bonds is 18. The largest absolute Gasteiger partial charge is 0.469 e. The third kappa shape index (κ3) is 13.2. The number of halogens is 1. The smallest absolute Gasteiger partial charge is 0.453 e. The number of sulfonamides is 1. The van der Waals surface area contributed by atoms with Crippen LogP contribution in [0, 0.1) is 12.8 Å². The number of nitrogens with one attached hydrogen (secondary N) is 2. The highest BCUT2D eigenvalue weighted by molar-refractivity contribution is 7.89. The van der Waals surface area contributed by atoms with Crippen molar-refractivity contribution in [2.45, 2.75) is 62.9 Å². The quantitative estimate of drug-likeness (QED) is 0.0987.